The van der Waals surface area contributed by atoms with Crippen molar-refractivity contribution in [1.82, 2.24) is 19.1 Å². The third-order valence-electron chi connectivity index (χ3n) is 9.95. The zero-order chi connectivity index (χ0) is 30.8. The van der Waals surface area contributed by atoms with E-state index in [1.807, 2.05) is 12.7 Å². The Kier molecular flexibility index (Phi) is 5.21. The molecule has 2 aromatic heterocycles. The van der Waals surface area contributed by atoms with Crippen LogP contribution >= 0.6 is 0 Å². The van der Waals surface area contributed by atoms with E-state index < -0.39 is 0 Å². The van der Waals surface area contributed by atoms with Gasteiger partial charge >= 0.3 is 0 Å². The molecule has 7 aromatic rings. The Morgan fingerprint density at radius 1 is 0.533 bits per heavy atom. The van der Waals surface area contributed by atoms with Crippen molar-refractivity contribution < 1.29 is 0 Å². The fourth-order valence-corrected chi connectivity index (χ4v) is 7.63. The van der Waals surface area contributed by atoms with Crippen molar-refractivity contribution in [2.45, 2.75) is 52.4 Å². The minimum absolute atomic E-state index is 0.0162. The van der Waals surface area contributed by atoms with E-state index in [0.717, 1.165) is 11.0 Å². The Hall–Kier alpha value is -4.90. The summed E-state index contributed by atoms with van der Waals surface area (Å²) in [7, 11) is 0. The zero-order valence-corrected chi connectivity index (χ0v) is 26.7. The third-order valence-corrected chi connectivity index (χ3v) is 9.95. The molecule has 0 unspecified atom stereocenters. The summed E-state index contributed by atoms with van der Waals surface area (Å²) in [6.45, 7) is 13.8. The van der Waals surface area contributed by atoms with Crippen molar-refractivity contribution in [3.05, 3.63) is 115 Å². The van der Waals surface area contributed by atoms with E-state index in [9.17, 15) is 0 Å². The van der Waals surface area contributed by atoms with E-state index in [0.29, 0.717) is 0 Å². The van der Waals surface area contributed by atoms with Crippen molar-refractivity contribution in [2.24, 2.45) is 0 Å². The number of hydrogen-bond acceptors (Lipinski definition) is 2. The molecule has 45 heavy (non-hydrogen) atoms. The van der Waals surface area contributed by atoms with Gasteiger partial charge in [-0.2, -0.15) is 0 Å². The number of benzene rings is 5. The molecule has 0 bridgehead atoms. The van der Waals surface area contributed by atoms with Crippen LogP contribution in [0.2, 0.25) is 0 Å². The lowest BCUT2D eigenvalue weighted by Gasteiger charge is -2.36. The van der Waals surface area contributed by atoms with Gasteiger partial charge in [0.1, 0.15) is 12.7 Å². The highest BCUT2D eigenvalue weighted by Gasteiger charge is 2.43. The Morgan fingerprint density at radius 3 is 1.36 bits per heavy atom. The van der Waals surface area contributed by atoms with Crippen molar-refractivity contribution in [1.29, 1.82) is 0 Å². The van der Waals surface area contributed by atoms with Crippen molar-refractivity contribution >= 4 is 45.2 Å². The van der Waals surface area contributed by atoms with Crippen molar-refractivity contribution in [3.8, 4) is 33.6 Å². The largest absolute Gasteiger partial charge is 0.299 e. The number of hydrogen-bond donors (Lipinski definition) is 0. The lowest BCUT2D eigenvalue weighted by atomic mass is 9.33. The molecule has 0 saturated heterocycles. The lowest BCUT2D eigenvalue weighted by molar-refractivity contribution is 0.591. The van der Waals surface area contributed by atoms with Crippen LogP contribution in [0.4, 0.5) is 0 Å². The molecule has 0 aliphatic carbocycles. The van der Waals surface area contributed by atoms with Gasteiger partial charge in [0, 0.05) is 11.1 Å². The summed E-state index contributed by atoms with van der Waals surface area (Å²) in [6, 6.07) is 33.6. The fourth-order valence-electron chi connectivity index (χ4n) is 7.63. The number of aromatic nitrogens is 4. The monoisotopic (exact) mass is 582 g/mol. The molecule has 0 atom stereocenters. The maximum absolute atomic E-state index is 5.08. The summed E-state index contributed by atoms with van der Waals surface area (Å²) in [5.74, 6) is 0. The van der Waals surface area contributed by atoms with Gasteiger partial charge in [-0.25, -0.2) is 9.97 Å². The number of nitrogens with zero attached hydrogens (tertiary/aromatic N) is 4. The molecule has 9 rings (SSSR count). The summed E-state index contributed by atoms with van der Waals surface area (Å²) in [5.41, 5.74) is 18.4. The van der Waals surface area contributed by atoms with Gasteiger partial charge in [0.2, 0.25) is 0 Å². The summed E-state index contributed by atoms with van der Waals surface area (Å²) >= 11 is 0. The Balaban J connectivity index is 1.53. The van der Waals surface area contributed by atoms with Crippen LogP contribution < -0.4 is 16.4 Å². The van der Waals surface area contributed by atoms with E-state index in [-0.39, 0.29) is 17.5 Å². The van der Waals surface area contributed by atoms with Crippen LogP contribution in [0.25, 0.3) is 55.7 Å². The van der Waals surface area contributed by atoms with E-state index >= 15 is 0 Å². The highest BCUT2D eigenvalue weighted by Crippen LogP contribution is 2.41. The van der Waals surface area contributed by atoms with Crippen LogP contribution in [0, 0.1) is 0 Å². The molecule has 2 aliphatic rings. The highest BCUT2D eigenvalue weighted by atomic mass is 15.1. The molecule has 0 radical (unpaired) electrons. The normalized spacial score (nSPS) is 13.5. The first-order valence-corrected chi connectivity index (χ1v) is 15.9. The van der Waals surface area contributed by atoms with E-state index in [2.05, 4.69) is 142 Å². The van der Waals surface area contributed by atoms with Gasteiger partial charge in [-0.3, -0.25) is 9.13 Å². The topological polar surface area (TPSA) is 35.6 Å². The first kappa shape index (κ1) is 26.5. The van der Waals surface area contributed by atoms with Crippen LogP contribution in [0.15, 0.2) is 104 Å². The molecule has 0 amide bonds. The third kappa shape index (κ3) is 3.67. The average Bonchev–Trinajstić information content (AvgIpc) is 3.66. The smallest absolute Gasteiger partial charge is 0.252 e. The molecular weight excluding hydrogens is 547 g/mol. The fraction of sp³-hybridized carbons (Fsp3) is 0.200. The molecule has 4 nitrogen and oxygen atoms in total. The zero-order valence-electron chi connectivity index (χ0n) is 26.7. The van der Waals surface area contributed by atoms with E-state index in [1.165, 1.54) is 72.2 Å². The standard InChI is InChI=1S/C40H35BN4/c1-39(2,3)26-17-30-37-32(19-26)42-22-44(37)35-28(24-13-9-7-10-14-24)21-29(25-15-11-8-12-16-25)36-34(35)41(30)31-18-27(40(4,5)6)20-33-38(31)45(36)23-43-33/h7-23H,1-6H3. The van der Waals surface area contributed by atoms with Crippen LogP contribution in [-0.4, -0.2) is 25.8 Å². The van der Waals surface area contributed by atoms with E-state index in [1.54, 1.807) is 0 Å². The summed E-state index contributed by atoms with van der Waals surface area (Å²) in [5, 5.41) is 0. The molecule has 218 valence electrons. The molecule has 4 heterocycles. The van der Waals surface area contributed by atoms with E-state index in [4.69, 9.17) is 9.97 Å². The van der Waals surface area contributed by atoms with Gasteiger partial charge in [0.15, 0.2) is 0 Å². The minimum atomic E-state index is -0.0162. The van der Waals surface area contributed by atoms with Gasteiger partial charge in [-0.15, -0.1) is 0 Å². The number of imidazole rings is 2. The number of fused-ring (bicyclic) bond motifs is 4. The number of rotatable bonds is 2. The predicted molar refractivity (Wildman–Crippen MR) is 189 cm³/mol. The molecule has 0 spiro atoms. The first-order chi connectivity index (χ1) is 21.6. The quantitative estimate of drug-likeness (QED) is 0.199. The van der Waals surface area contributed by atoms with Crippen molar-refractivity contribution in [2.75, 3.05) is 0 Å². The Labute approximate surface area is 264 Å². The highest BCUT2D eigenvalue weighted by molar-refractivity contribution is 7.00. The van der Waals surface area contributed by atoms with Crippen LogP contribution in [0.5, 0.6) is 0 Å². The SMILES string of the molecule is CC(C)(C)c1cc2c3c(c1)ncn3-c1c(-c3ccccc3)cc(-c3ccccc3)c3c1B2c1cc(C(C)(C)C)cc2ncn-3c12. The second-order valence-corrected chi connectivity index (χ2v) is 14.8. The molecule has 0 saturated carbocycles. The average molecular weight is 583 g/mol. The maximum atomic E-state index is 5.08. The van der Waals surface area contributed by atoms with Crippen molar-refractivity contribution in [3.63, 3.8) is 0 Å². The molecule has 0 N–H and O–H groups in total. The summed E-state index contributed by atoms with van der Waals surface area (Å²) in [4.78, 5) is 10.2. The minimum Gasteiger partial charge on any atom is -0.299 e. The Bertz CT molecular complexity index is 2170. The van der Waals surface area contributed by atoms with Gasteiger partial charge in [0.05, 0.1) is 33.4 Å². The molecule has 2 aliphatic heterocycles. The second kappa shape index (κ2) is 8.85. The molecule has 0 fully saturated rings. The van der Waals surface area contributed by atoms with Crippen LogP contribution in [0.1, 0.15) is 52.7 Å². The van der Waals surface area contributed by atoms with Crippen LogP contribution in [-0.2, 0) is 10.8 Å². The van der Waals surface area contributed by atoms with Gasteiger partial charge in [-0.05, 0) is 67.7 Å². The Morgan fingerprint density at radius 2 is 0.956 bits per heavy atom. The van der Waals surface area contributed by atoms with Gasteiger partial charge in [-0.1, -0.05) is 114 Å². The van der Waals surface area contributed by atoms with Gasteiger partial charge in [0.25, 0.3) is 6.71 Å². The molecule has 5 heteroatoms. The maximum Gasteiger partial charge on any atom is 0.252 e. The first-order valence-electron chi connectivity index (χ1n) is 15.9. The predicted octanol–water partition coefficient (Wildman–Crippen LogP) is 7.44. The lowest BCUT2D eigenvalue weighted by Crippen LogP contribution is -2.60. The molecule has 5 aromatic carbocycles. The molecular formula is C40H35BN4. The second-order valence-electron chi connectivity index (χ2n) is 14.8. The van der Waals surface area contributed by atoms with Crippen LogP contribution in [0.3, 0.4) is 0 Å². The van der Waals surface area contributed by atoms with Gasteiger partial charge < -0.3 is 0 Å². The summed E-state index contributed by atoms with van der Waals surface area (Å²) < 4.78 is 4.74. The summed E-state index contributed by atoms with van der Waals surface area (Å²) in [6.07, 6.45) is 4.09.